The first-order chi connectivity index (χ1) is 13.7. The van der Waals surface area contributed by atoms with Gasteiger partial charge in [0.25, 0.3) is 0 Å². The summed E-state index contributed by atoms with van der Waals surface area (Å²) in [4.78, 5) is 35.4. The summed E-state index contributed by atoms with van der Waals surface area (Å²) >= 11 is 1.36. The van der Waals surface area contributed by atoms with E-state index >= 15 is 0 Å². The number of benzene rings is 1. The van der Waals surface area contributed by atoms with E-state index in [9.17, 15) is 14.4 Å². The van der Waals surface area contributed by atoms with Crippen molar-refractivity contribution in [1.29, 1.82) is 0 Å². The first kappa shape index (κ1) is 23.0. The van der Waals surface area contributed by atoms with Crippen LogP contribution in [0.15, 0.2) is 29.2 Å². The van der Waals surface area contributed by atoms with E-state index in [4.69, 9.17) is 23.7 Å². The van der Waals surface area contributed by atoms with Gasteiger partial charge in [-0.1, -0.05) is 18.7 Å². The van der Waals surface area contributed by atoms with E-state index in [1.165, 1.54) is 32.5 Å². The van der Waals surface area contributed by atoms with Gasteiger partial charge in [-0.2, -0.15) is 0 Å². The monoisotopic (exact) mass is 426 g/mol. The molecule has 8 nitrogen and oxygen atoms in total. The quantitative estimate of drug-likeness (QED) is 0.481. The number of hydrogen-bond acceptors (Lipinski definition) is 9. The van der Waals surface area contributed by atoms with Gasteiger partial charge in [-0.3, -0.25) is 14.4 Å². The molecular weight excluding hydrogens is 400 g/mol. The minimum atomic E-state index is -0.732. The number of hydrogen-bond donors (Lipinski definition) is 0. The third kappa shape index (κ3) is 6.64. The van der Waals surface area contributed by atoms with Gasteiger partial charge in [0.2, 0.25) is 0 Å². The Kier molecular flexibility index (Phi) is 8.33. The van der Waals surface area contributed by atoms with Crippen LogP contribution in [-0.2, 0) is 33.3 Å². The summed E-state index contributed by atoms with van der Waals surface area (Å²) in [5.74, 6) is -1.10. The molecule has 0 radical (unpaired) electrons. The van der Waals surface area contributed by atoms with Crippen LogP contribution in [0.25, 0.3) is 0 Å². The molecule has 9 heteroatoms. The van der Waals surface area contributed by atoms with Crippen molar-refractivity contribution in [3.05, 3.63) is 24.3 Å². The molecule has 0 N–H and O–H groups in total. The maximum Gasteiger partial charge on any atom is 0.303 e. The highest BCUT2D eigenvalue weighted by Gasteiger charge is 2.48. The van der Waals surface area contributed by atoms with E-state index in [0.717, 1.165) is 4.90 Å². The van der Waals surface area contributed by atoms with Crippen LogP contribution in [0.1, 0.15) is 27.7 Å². The molecule has 0 spiro atoms. The Morgan fingerprint density at radius 1 is 0.966 bits per heavy atom. The standard InChI is InChI=1S/C20H26O8S/c1-11-18(26-13(3)22)17(10-25-12(2)21)28-20(19(11)27-14(4)23)29-16-8-6-15(24-5)7-9-16/h6-9,11,17-20H,10H2,1-5H3/t11?,17?,18-,19?,20-/m1/s1. The van der Waals surface area contributed by atoms with Crippen molar-refractivity contribution in [1.82, 2.24) is 0 Å². The third-order valence-electron chi connectivity index (χ3n) is 4.35. The zero-order valence-corrected chi connectivity index (χ0v) is 17.9. The van der Waals surface area contributed by atoms with Crippen molar-refractivity contribution in [3.8, 4) is 5.75 Å². The highest BCUT2D eigenvalue weighted by Crippen LogP contribution is 2.39. The predicted molar refractivity (Wildman–Crippen MR) is 104 cm³/mol. The Morgan fingerprint density at radius 3 is 2.07 bits per heavy atom. The number of rotatable bonds is 7. The summed E-state index contributed by atoms with van der Waals surface area (Å²) in [6.07, 6.45) is -2.10. The normalized spacial score (nSPS) is 26.3. The van der Waals surface area contributed by atoms with Crippen molar-refractivity contribution in [2.45, 2.75) is 56.3 Å². The van der Waals surface area contributed by atoms with Crippen LogP contribution in [0.5, 0.6) is 5.75 Å². The number of thioether (sulfide) groups is 1. The molecule has 29 heavy (non-hydrogen) atoms. The lowest BCUT2D eigenvalue weighted by molar-refractivity contribution is -0.212. The number of ether oxygens (including phenoxy) is 5. The van der Waals surface area contributed by atoms with Gasteiger partial charge in [0, 0.05) is 31.6 Å². The Labute approximate surface area is 174 Å². The number of carbonyl (C=O) groups excluding carboxylic acids is 3. The maximum absolute atomic E-state index is 11.7. The van der Waals surface area contributed by atoms with E-state index < -0.39 is 41.7 Å². The highest BCUT2D eigenvalue weighted by atomic mass is 32.2. The Morgan fingerprint density at radius 2 is 1.55 bits per heavy atom. The van der Waals surface area contributed by atoms with Gasteiger partial charge >= 0.3 is 17.9 Å². The second kappa shape index (κ2) is 10.5. The van der Waals surface area contributed by atoms with Gasteiger partial charge in [-0.05, 0) is 24.3 Å². The first-order valence-electron chi connectivity index (χ1n) is 9.15. The van der Waals surface area contributed by atoms with Crippen molar-refractivity contribution >= 4 is 29.7 Å². The molecule has 0 aliphatic carbocycles. The molecule has 1 saturated heterocycles. The molecular formula is C20H26O8S. The van der Waals surface area contributed by atoms with E-state index in [2.05, 4.69) is 0 Å². The Bertz CT molecular complexity index is 718. The largest absolute Gasteiger partial charge is 0.497 e. The first-order valence-corrected chi connectivity index (χ1v) is 10.0. The molecule has 3 unspecified atom stereocenters. The van der Waals surface area contributed by atoms with Crippen molar-refractivity contribution < 1.29 is 38.1 Å². The zero-order valence-electron chi connectivity index (χ0n) is 17.1. The van der Waals surface area contributed by atoms with Gasteiger partial charge in [-0.25, -0.2) is 0 Å². The van der Waals surface area contributed by atoms with E-state index in [1.54, 1.807) is 7.11 Å². The summed E-state index contributed by atoms with van der Waals surface area (Å²) in [7, 11) is 1.58. The third-order valence-corrected chi connectivity index (χ3v) is 5.50. The minimum absolute atomic E-state index is 0.0793. The summed E-state index contributed by atoms with van der Waals surface area (Å²) in [6.45, 7) is 5.62. The van der Waals surface area contributed by atoms with Crippen LogP contribution in [-0.4, -0.2) is 55.4 Å². The predicted octanol–water partition coefficient (Wildman–Crippen LogP) is 2.57. The van der Waals surface area contributed by atoms with Crippen LogP contribution in [0.3, 0.4) is 0 Å². The Hall–Kier alpha value is -2.26. The summed E-state index contributed by atoms with van der Waals surface area (Å²) in [5.41, 5.74) is -0.588. The van der Waals surface area contributed by atoms with Crippen molar-refractivity contribution in [3.63, 3.8) is 0 Å². The van der Waals surface area contributed by atoms with Gasteiger partial charge in [-0.15, -0.1) is 0 Å². The summed E-state index contributed by atoms with van der Waals surface area (Å²) in [6, 6.07) is 7.35. The highest BCUT2D eigenvalue weighted by molar-refractivity contribution is 7.99. The van der Waals surface area contributed by atoms with E-state index in [1.807, 2.05) is 31.2 Å². The van der Waals surface area contributed by atoms with Crippen LogP contribution in [0.4, 0.5) is 0 Å². The molecule has 2 rings (SSSR count). The summed E-state index contributed by atoms with van der Waals surface area (Å²) < 4.78 is 27.3. The minimum Gasteiger partial charge on any atom is -0.497 e. The molecule has 1 aromatic carbocycles. The SMILES string of the molecule is COc1ccc(S[C@H]2OC(COC(C)=O)[C@H](OC(C)=O)C(C)C2OC(C)=O)cc1. The van der Waals surface area contributed by atoms with Crippen molar-refractivity contribution in [2.24, 2.45) is 5.92 Å². The number of carbonyl (C=O) groups is 3. The zero-order chi connectivity index (χ0) is 21.6. The average Bonchev–Trinajstić information content (AvgIpc) is 2.65. The fourth-order valence-corrected chi connectivity index (χ4v) is 4.24. The van der Waals surface area contributed by atoms with Crippen LogP contribution in [0, 0.1) is 5.92 Å². The molecule has 1 aromatic rings. The molecule has 0 saturated carbocycles. The molecule has 1 aliphatic heterocycles. The van der Waals surface area contributed by atoms with Gasteiger partial charge in [0.1, 0.15) is 36.1 Å². The lowest BCUT2D eigenvalue weighted by Crippen LogP contribution is -2.56. The lowest BCUT2D eigenvalue weighted by Gasteiger charge is -2.43. The molecule has 160 valence electrons. The number of esters is 3. The molecule has 1 aliphatic rings. The molecule has 0 bridgehead atoms. The fraction of sp³-hybridized carbons (Fsp3) is 0.550. The van der Waals surface area contributed by atoms with Gasteiger partial charge in [0.05, 0.1) is 7.11 Å². The van der Waals surface area contributed by atoms with Crippen LogP contribution in [0.2, 0.25) is 0 Å². The van der Waals surface area contributed by atoms with E-state index in [-0.39, 0.29) is 12.5 Å². The van der Waals surface area contributed by atoms with Crippen LogP contribution < -0.4 is 4.74 Å². The molecule has 1 heterocycles. The smallest absolute Gasteiger partial charge is 0.303 e. The molecule has 0 amide bonds. The fourth-order valence-electron chi connectivity index (χ4n) is 3.05. The maximum atomic E-state index is 11.7. The number of methoxy groups -OCH3 is 1. The average molecular weight is 426 g/mol. The van der Waals surface area contributed by atoms with Gasteiger partial charge in [0.15, 0.2) is 0 Å². The second-order valence-electron chi connectivity index (χ2n) is 6.65. The summed E-state index contributed by atoms with van der Waals surface area (Å²) in [5, 5.41) is 0. The van der Waals surface area contributed by atoms with Gasteiger partial charge < -0.3 is 23.7 Å². The van der Waals surface area contributed by atoms with E-state index in [0.29, 0.717) is 5.75 Å². The molecule has 0 aromatic heterocycles. The topological polar surface area (TPSA) is 97.4 Å². The Balaban J connectivity index is 2.27. The van der Waals surface area contributed by atoms with Crippen LogP contribution >= 0.6 is 11.8 Å². The lowest BCUT2D eigenvalue weighted by atomic mass is 9.91. The molecule has 5 atom stereocenters. The van der Waals surface area contributed by atoms with Crippen molar-refractivity contribution in [2.75, 3.05) is 13.7 Å². The molecule has 1 fully saturated rings. The second-order valence-corrected chi connectivity index (χ2v) is 7.82.